The van der Waals surface area contributed by atoms with E-state index in [1.165, 1.54) is 19.1 Å². The third-order valence-electron chi connectivity index (χ3n) is 8.12. The lowest BCUT2D eigenvalue weighted by molar-refractivity contribution is -0.194. The fourth-order valence-electron chi connectivity index (χ4n) is 2.76. The second-order valence-electron chi connectivity index (χ2n) is 11.5. The first-order valence-electron chi connectivity index (χ1n) is 15.1. The summed E-state index contributed by atoms with van der Waals surface area (Å²) in [5.41, 5.74) is 0.445. The predicted molar refractivity (Wildman–Crippen MR) is 168 cm³/mol. The van der Waals surface area contributed by atoms with Gasteiger partial charge in [-0.3, -0.25) is 0 Å². The van der Waals surface area contributed by atoms with Crippen molar-refractivity contribution in [1.82, 2.24) is 0 Å². The van der Waals surface area contributed by atoms with E-state index < -0.39 is 0 Å². The standard InChI is InChI=1S/C10H22O2.C8H18O.C8H16O.C7H16O/c1-6-10(4,5)9(11-7-2)12-8-3;1-6-8(3,4)7(2)9-5;1-5-7(3)8(4)9-6-2;1-5-6(2)7(3)8-4/h9H,6-8H2,1-5H3;7H,6H2,1-5H3;6-8H,2,5H2,1,3-4H3;6-7H,5H2,1-4H3. The van der Waals surface area contributed by atoms with E-state index in [9.17, 15) is 0 Å². The van der Waals surface area contributed by atoms with Gasteiger partial charge in [-0.2, -0.15) is 0 Å². The third-order valence-corrected chi connectivity index (χ3v) is 8.12. The van der Waals surface area contributed by atoms with E-state index in [2.05, 4.69) is 96.6 Å². The summed E-state index contributed by atoms with van der Waals surface area (Å²) in [6.45, 7) is 37.1. The van der Waals surface area contributed by atoms with Crippen molar-refractivity contribution in [2.24, 2.45) is 22.7 Å². The SMILES string of the molecule is C=COC(C)C(C)CC.CCC(C)(C)C(C)OC.CCC(C)C(C)OC.CCOC(OCC)C(C)(C)CC. The van der Waals surface area contributed by atoms with Crippen molar-refractivity contribution < 1.29 is 23.7 Å². The molecule has 234 valence electrons. The summed E-state index contributed by atoms with van der Waals surface area (Å²) in [6, 6.07) is 0. The first kappa shape index (κ1) is 44.4. The van der Waals surface area contributed by atoms with Gasteiger partial charge < -0.3 is 23.7 Å². The first-order chi connectivity index (χ1) is 17.6. The van der Waals surface area contributed by atoms with Gasteiger partial charge >= 0.3 is 0 Å². The highest BCUT2D eigenvalue weighted by Gasteiger charge is 2.28. The Kier molecular flexibility index (Phi) is 31.1. The average molecular weight is 549 g/mol. The molecule has 0 rings (SSSR count). The molecule has 0 aliphatic rings. The van der Waals surface area contributed by atoms with Gasteiger partial charge in [0.2, 0.25) is 0 Å². The molecule has 0 aromatic heterocycles. The normalized spacial score (nSPS) is 15.3. The van der Waals surface area contributed by atoms with Gasteiger partial charge in [0.05, 0.1) is 24.6 Å². The van der Waals surface area contributed by atoms with E-state index in [4.69, 9.17) is 23.7 Å². The zero-order valence-corrected chi connectivity index (χ0v) is 29.0. The summed E-state index contributed by atoms with van der Waals surface area (Å²) in [5.74, 6) is 1.32. The van der Waals surface area contributed by atoms with Crippen molar-refractivity contribution in [2.45, 2.75) is 154 Å². The molecular weight excluding hydrogens is 476 g/mol. The summed E-state index contributed by atoms with van der Waals surface area (Å²) in [5, 5.41) is 0. The van der Waals surface area contributed by atoms with Crippen LogP contribution in [0.15, 0.2) is 12.8 Å². The summed E-state index contributed by atoms with van der Waals surface area (Å²) < 4.78 is 26.5. The Bertz CT molecular complexity index is 478. The van der Waals surface area contributed by atoms with Gasteiger partial charge in [0.25, 0.3) is 0 Å². The molecule has 0 aromatic rings. The van der Waals surface area contributed by atoms with Crippen LogP contribution in [0.25, 0.3) is 0 Å². The molecule has 0 saturated heterocycles. The van der Waals surface area contributed by atoms with Crippen molar-refractivity contribution in [3.63, 3.8) is 0 Å². The van der Waals surface area contributed by atoms with E-state index in [1.807, 2.05) is 13.8 Å². The second kappa shape index (κ2) is 26.6. The Morgan fingerprint density at radius 3 is 1.24 bits per heavy atom. The highest BCUT2D eigenvalue weighted by Crippen LogP contribution is 2.28. The van der Waals surface area contributed by atoms with Crippen LogP contribution in [-0.4, -0.2) is 52.0 Å². The Morgan fingerprint density at radius 2 is 1.03 bits per heavy atom. The number of rotatable bonds is 16. The van der Waals surface area contributed by atoms with Crippen molar-refractivity contribution in [3.8, 4) is 0 Å². The van der Waals surface area contributed by atoms with Gasteiger partial charge in [0.15, 0.2) is 6.29 Å². The minimum atomic E-state index is -0.0579. The number of methoxy groups -OCH3 is 2. The zero-order chi connectivity index (χ0) is 30.9. The number of hydrogen-bond acceptors (Lipinski definition) is 5. The zero-order valence-electron chi connectivity index (χ0n) is 29.0. The van der Waals surface area contributed by atoms with Gasteiger partial charge in [0.1, 0.15) is 0 Å². The van der Waals surface area contributed by atoms with Crippen molar-refractivity contribution >= 4 is 0 Å². The summed E-state index contributed by atoms with van der Waals surface area (Å²) in [7, 11) is 3.53. The summed E-state index contributed by atoms with van der Waals surface area (Å²) >= 11 is 0. The average Bonchev–Trinajstić information content (AvgIpc) is 2.91. The minimum Gasteiger partial charge on any atom is -0.499 e. The summed E-state index contributed by atoms with van der Waals surface area (Å²) in [6.07, 6.45) is 7.15. The maximum Gasteiger partial charge on any atom is 0.162 e. The molecule has 0 heterocycles. The molecule has 0 saturated carbocycles. The molecule has 0 fully saturated rings. The Hall–Kier alpha value is -0.620. The van der Waals surface area contributed by atoms with Gasteiger partial charge in [-0.25, -0.2) is 0 Å². The van der Waals surface area contributed by atoms with Gasteiger partial charge in [-0.15, -0.1) is 0 Å². The number of hydrogen-bond donors (Lipinski definition) is 0. The highest BCUT2D eigenvalue weighted by atomic mass is 16.7. The monoisotopic (exact) mass is 549 g/mol. The van der Waals surface area contributed by atoms with Gasteiger partial charge in [0, 0.05) is 32.8 Å². The number of ether oxygens (including phenoxy) is 5. The van der Waals surface area contributed by atoms with Crippen LogP contribution in [0, 0.1) is 22.7 Å². The van der Waals surface area contributed by atoms with E-state index in [0.29, 0.717) is 48.8 Å². The lowest BCUT2D eigenvalue weighted by atomic mass is 9.85. The molecule has 5 atom stereocenters. The highest BCUT2D eigenvalue weighted by molar-refractivity contribution is 4.73. The minimum absolute atomic E-state index is 0.0579. The molecule has 0 aromatic carbocycles. The molecule has 0 amide bonds. The predicted octanol–water partition coefficient (Wildman–Crippen LogP) is 9.93. The quantitative estimate of drug-likeness (QED) is 0.142. The third kappa shape index (κ3) is 23.3. The van der Waals surface area contributed by atoms with Crippen molar-refractivity contribution in [2.75, 3.05) is 27.4 Å². The van der Waals surface area contributed by atoms with Gasteiger partial charge in [-0.05, 0) is 64.7 Å². The Labute approximate surface area is 240 Å². The molecule has 5 heteroatoms. The maximum atomic E-state index is 5.52. The van der Waals surface area contributed by atoms with Crippen molar-refractivity contribution in [3.05, 3.63) is 12.8 Å². The van der Waals surface area contributed by atoms with E-state index in [1.54, 1.807) is 14.2 Å². The lowest BCUT2D eigenvalue weighted by Crippen LogP contribution is -2.34. The fraction of sp³-hybridized carbons (Fsp3) is 0.939. The molecule has 5 unspecified atom stereocenters. The second-order valence-corrected chi connectivity index (χ2v) is 11.5. The summed E-state index contributed by atoms with van der Waals surface area (Å²) in [4.78, 5) is 0. The molecule has 0 N–H and O–H groups in total. The van der Waals surface area contributed by atoms with Crippen LogP contribution < -0.4 is 0 Å². The Balaban J connectivity index is -0.000000205. The van der Waals surface area contributed by atoms with Crippen LogP contribution in [0.3, 0.4) is 0 Å². The van der Waals surface area contributed by atoms with Crippen LogP contribution in [-0.2, 0) is 23.7 Å². The van der Waals surface area contributed by atoms with E-state index in [-0.39, 0.29) is 11.7 Å². The van der Waals surface area contributed by atoms with Crippen LogP contribution in [0.4, 0.5) is 0 Å². The topological polar surface area (TPSA) is 46.2 Å². The van der Waals surface area contributed by atoms with Crippen LogP contribution in [0.5, 0.6) is 0 Å². The maximum absolute atomic E-state index is 5.52. The molecule has 38 heavy (non-hydrogen) atoms. The van der Waals surface area contributed by atoms with Crippen LogP contribution >= 0.6 is 0 Å². The molecule has 0 aliphatic carbocycles. The Morgan fingerprint density at radius 1 is 0.632 bits per heavy atom. The largest absolute Gasteiger partial charge is 0.499 e. The first-order valence-corrected chi connectivity index (χ1v) is 15.1. The fourth-order valence-corrected chi connectivity index (χ4v) is 2.76. The molecular formula is C33H72O5. The molecule has 0 spiro atoms. The van der Waals surface area contributed by atoms with Crippen molar-refractivity contribution in [1.29, 1.82) is 0 Å². The van der Waals surface area contributed by atoms with Crippen LogP contribution in [0.1, 0.15) is 130 Å². The molecule has 5 nitrogen and oxygen atoms in total. The molecule has 0 radical (unpaired) electrons. The van der Waals surface area contributed by atoms with Crippen LogP contribution in [0.2, 0.25) is 0 Å². The van der Waals surface area contributed by atoms with E-state index in [0.717, 1.165) is 12.8 Å². The smallest absolute Gasteiger partial charge is 0.162 e. The lowest BCUT2D eigenvalue weighted by Gasteiger charge is -2.32. The molecule has 0 aliphatic heterocycles. The van der Waals surface area contributed by atoms with Gasteiger partial charge in [-0.1, -0.05) is 88.7 Å². The van der Waals surface area contributed by atoms with E-state index >= 15 is 0 Å². The molecule has 0 bridgehead atoms.